The molecule has 2 heterocycles. The average Bonchev–Trinajstić information content (AvgIpc) is 3.05. The SMILES string of the molecule is COC1=C([Si](C)(C)C)[C@]23O[C@H](C[C@@H]2CC1)C1=C3CCC1. The van der Waals surface area contributed by atoms with Gasteiger partial charge in [-0.3, -0.25) is 0 Å². The Morgan fingerprint density at radius 1 is 1.20 bits per heavy atom. The van der Waals surface area contributed by atoms with Crippen molar-refractivity contribution >= 4 is 8.07 Å². The Hall–Kier alpha value is -0.543. The largest absolute Gasteiger partial charge is 0.501 e. The van der Waals surface area contributed by atoms with Crippen molar-refractivity contribution in [3.63, 3.8) is 0 Å². The Balaban J connectivity index is 1.94. The zero-order valence-corrected chi connectivity index (χ0v) is 14.2. The van der Waals surface area contributed by atoms with E-state index in [1.54, 1.807) is 16.3 Å². The molecule has 2 nitrogen and oxygen atoms in total. The van der Waals surface area contributed by atoms with E-state index >= 15 is 0 Å². The molecule has 0 unspecified atom stereocenters. The number of hydrogen-bond donors (Lipinski definition) is 0. The van der Waals surface area contributed by atoms with Crippen molar-refractivity contribution < 1.29 is 9.47 Å². The lowest BCUT2D eigenvalue weighted by atomic mass is 9.70. The van der Waals surface area contributed by atoms with Gasteiger partial charge >= 0.3 is 0 Å². The number of hydrogen-bond acceptors (Lipinski definition) is 2. The minimum atomic E-state index is -1.46. The van der Waals surface area contributed by atoms with Gasteiger partial charge in [-0.2, -0.15) is 0 Å². The molecular formula is C17H26O2Si. The van der Waals surface area contributed by atoms with Crippen molar-refractivity contribution in [1.29, 1.82) is 0 Å². The molecular weight excluding hydrogens is 264 g/mol. The number of ether oxygens (including phenoxy) is 2. The lowest BCUT2D eigenvalue weighted by Crippen LogP contribution is -2.50. The summed E-state index contributed by atoms with van der Waals surface area (Å²) in [6, 6.07) is 0. The third-order valence-electron chi connectivity index (χ3n) is 5.87. The van der Waals surface area contributed by atoms with E-state index in [2.05, 4.69) is 19.6 Å². The first-order valence-electron chi connectivity index (χ1n) is 8.16. The molecule has 2 aliphatic heterocycles. The zero-order chi connectivity index (χ0) is 14.1. The Morgan fingerprint density at radius 2 is 2.00 bits per heavy atom. The van der Waals surface area contributed by atoms with E-state index in [-0.39, 0.29) is 5.60 Å². The molecule has 0 amide bonds. The molecule has 0 aromatic carbocycles. The Kier molecular flexibility index (Phi) is 2.63. The monoisotopic (exact) mass is 290 g/mol. The van der Waals surface area contributed by atoms with Crippen LogP contribution in [0.3, 0.4) is 0 Å². The zero-order valence-electron chi connectivity index (χ0n) is 13.2. The van der Waals surface area contributed by atoms with Gasteiger partial charge in [0.05, 0.1) is 27.0 Å². The fourth-order valence-electron chi connectivity index (χ4n) is 5.42. The molecule has 0 aromatic rings. The lowest BCUT2D eigenvalue weighted by molar-refractivity contribution is 0.0204. The Bertz CT molecular complexity index is 526. The second-order valence-electron chi connectivity index (χ2n) is 7.92. The number of rotatable bonds is 2. The van der Waals surface area contributed by atoms with Crippen LogP contribution in [0.2, 0.25) is 19.6 Å². The topological polar surface area (TPSA) is 18.5 Å². The summed E-state index contributed by atoms with van der Waals surface area (Å²) in [6.07, 6.45) is 8.00. The summed E-state index contributed by atoms with van der Waals surface area (Å²) < 4.78 is 12.6. The van der Waals surface area contributed by atoms with E-state index in [1.165, 1.54) is 37.9 Å². The molecule has 0 radical (unpaired) electrons. The highest BCUT2D eigenvalue weighted by Crippen LogP contribution is 2.64. The number of allylic oxidation sites excluding steroid dienone is 1. The van der Waals surface area contributed by atoms with E-state index in [0.29, 0.717) is 6.10 Å². The quantitative estimate of drug-likeness (QED) is 0.560. The summed E-state index contributed by atoms with van der Waals surface area (Å²) in [5, 5.41) is 1.60. The fraction of sp³-hybridized carbons (Fsp3) is 0.765. The van der Waals surface area contributed by atoms with Crippen molar-refractivity contribution in [2.24, 2.45) is 5.92 Å². The summed E-state index contributed by atoms with van der Waals surface area (Å²) in [5.74, 6) is 1.99. The number of methoxy groups -OCH3 is 1. The minimum absolute atomic E-state index is 0.0232. The summed E-state index contributed by atoms with van der Waals surface area (Å²) in [4.78, 5) is 0. The highest BCUT2D eigenvalue weighted by atomic mass is 28.3. The van der Waals surface area contributed by atoms with Crippen LogP contribution in [-0.2, 0) is 9.47 Å². The first kappa shape index (κ1) is 13.1. The van der Waals surface area contributed by atoms with Crippen LogP contribution in [0.1, 0.15) is 38.5 Å². The van der Waals surface area contributed by atoms with Gasteiger partial charge in [0, 0.05) is 6.42 Å². The summed E-state index contributed by atoms with van der Waals surface area (Å²) in [7, 11) is 0.402. The van der Waals surface area contributed by atoms with Gasteiger partial charge in [-0.05, 0) is 54.4 Å². The first-order valence-corrected chi connectivity index (χ1v) is 11.7. The standard InChI is InChI=1S/C17H26O2Si/c1-18-14-9-8-11-10-15-12-6-5-7-13(12)17(11,19-15)16(14)20(2,3)4/h11,15H,5-10H2,1-4H3/t11-,15+,17-/m0/s1. The van der Waals surface area contributed by atoms with Crippen LogP contribution >= 0.6 is 0 Å². The summed E-state index contributed by atoms with van der Waals surface area (Å²) in [6.45, 7) is 7.38. The second kappa shape index (κ2) is 4.01. The van der Waals surface area contributed by atoms with Crippen LogP contribution in [0.4, 0.5) is 0 Å². The molecule has 2 aliphatic carbocycles. The van der Waals surface area contributed by atoms with Gasteiger partial charge in [-0.25, -0.2) is 0 Å². The van der Waals surface area contributed by atoms with Gasteiger partial charge in [0.2, 0.25) is 0 Å². The van der Waals surface area contributed by atoms with E-state index in [4.69, 9.17) is 9.47 Å². The number of fused-ring (bicyclic) bond motifs is 2. The maximum absolute atomic E-state index is 6.72. The van der Waals surface area contributed by atoms with E-state index < -0.39 is 8.07 Å². The van der Waals surface area contributed by atoms with Crippen LogP contribution in [0, 0.1) is 5.92 Å². The summed E-state index contributed by atoms with van der Waals surface area (Å²) in [5.41, 5.74) is 3.34. The van der Waals surface area contributed by atoms with Gasteiger partial charge in [-0.15, -0.1) is 0 Å². The molecule has 2 bridgehead atoms. The Morgan fingerprint density at radius 3 is 2.70 bits per heavy atom. The van der Waals surface area contributed by atoms with Crippen LogP contribution in [0.5, 0.6) is 0 Å². The predicted molar refractivity (Wildman–Crippen MR) is 83.2 cm³/mol. The van der Waals surface area contributed by atoms with Crippen LogP contribution < -0.4 is 0 Å². The molecule has 1 saturated heterocycles. The first-order chi connectivity index (χ1) is 9.48. The third-order valence-corrected chi connectivity index (χ3v) is 8.02. The Labute approximate surface area is 123 Å². The normalized spacial score (nSPS) is 39.4. The van der Waals surface area contributed by atoms with Crippen molar-refractivity contribution in [3.05, 3.63) is 22.1 Å². The second-order valence-corrected chi connectivity index (χ2v) is 12.9. The van der Waals surface area contributed by atoms with Crippen LogP contribution in [0.15, 0.2) is 22.1 Å². The maximum atomic E-state index is 6.72. The molecule has 110 valence electrons. The van der Waals surface area contributed by atoms with E-state index in [9.17, 15) is 0 Å². The molecule has 0 saturated carbocycles. The minimum Gasteiger partial charge on any atom is -0.501 e. The average molecular weight is 290 g/mol. The van der Waals surface area contributed by atoms with Crippen molar-refractivity contribution in [1.82, 2.24) is 0 Å². The summed E-state index contributed by atoms with van der Waals surface area (Å²) >= 11 is 0. The van der Waals surface area contributed by atoms with Crippen LogP contribution in [0.25, 0.3) is 0 Å². The predicted octanol–water partition coefficient (Wildman–Crippen LogP) is 4.20. The molecule has 1 fully saturated rings. The van der Waals surface area contributed by atoms with Crippen molar-refractivity contribution in [2.75, 3.05) is 7.11 Å². The highest BCUT2D eigenvalue weighted by molar-refractivity contribution is 6.83. The van der Waals surface area contributed by atoms with E-state index in [1.807, 2.05) is 7.11 Å². The molecule has 4 aliphatic rings. The highest BCUT2D eigenvalue weighted by Gasteiger charge is 2.64. The third kappa shape index (κ3) is 1.43. The van der Waals surface area contributed by atoms with Gasteiger partial charge in [0.25, 0.3) is 0 Å². The van der Waals surface area contributed by atoms with Crippen molar-refractivity contribution in [3.8, 4) is 0 Å². The van der Waals surface area contributed by atoms with Gasteiger partial charge in [-0.1, -0.05) is 19.6 Å². The molecule has 4 rings (SSSR count). The van der Waals surface area contributed by atoms with Gasteiger partial charge in [0.15, 0.2) is 0 Å². The molecule has 20 heavy (non-hydrogen) atoms. The maximum Gasteiger partial charge on any atom is 0.114 e. The van der Waals surface area contributed by atoms with Crippen LogP contribution in [-0.4, -0.2) is 26.9 Å². The smallest absolute Gasteiger partial charge is 0.114 e. The molecule has 0 aromatic heterocycles. The van der Waals surface area contributed by atoms with Crippen molar-refractivity contribution in [2.45, 2.75) is 69.9 Å². The molecule has 3 heteroatoms. The van der Waals surface area contributed by atoms with Gasteiger partial charge < -0.3 is 9.47 Å². The van der Waals surface area contributed by atoms with E-state index in [0.717, 1.165) is 12.3 Å². The molecule has 0 N–H and O–H groups in total. The molecule has 3 atom stereocenters. The van der Waals surface area contributed by atoms with Gasteiger partial charge in [0.1, 0.15) is 5.60 Å². The molecule has 1 spiro atoms. The fourth-order valence-corrected chi connectivity index (χ4v) is 8.01. The lowest BCUT2D eigenvalue weighted by Gasteiger charge is -2.46.